The van der Waals surface area contributed by atoms with Crippen LogP contribution in [-0.4, -0.2) is 21.9 Å². The lowest BCUT2D eigenvalue weighted by Crippen LogP contribution is -2.25. The number of carbonyl (C=O) groups is 1. The van der Waals surface area contributed by atoms with Gasteiger partial charge in [0.05, 0.1) is 17.7 Å². The third-order valence-electron chi connectivity index (χ3n) is 2.57. The molecule has 1 fully saturated rings. The van der Waals surface area contributed by atoms with E-state index in [-0.39, 0.29) is 24.2 Å². The summed E-state index contributed by atoms with van der Waals surface area (Å²) in [7, 11) is 0. The number of carbonyl (C=O) groups excluding carboxylic acids is 1. The number of nitrogens with one attached hydrogen (secondary N) is 1. The van der Waals surface area contributed by atoms with Gasteiger partial charge in [-0.2, -0.15) is 0 Å². The number of hydrogen-bond donors (Lipinski definition) is 1. The van der Waals surface area contributed by atoms with Crippen LogP contribution in [0.1, 0.15) is 29.4 Å². The fraction of sp³-hybridized carbons (Fsp3) is 0.364. The normalized spacial score (nSPS) is 14.1. The van der Waals surface area contributed by atoms with E-state index in [4.69, 9.17) is 6.42 Å². The van der Waals surface area contributed by atoms with Crippen LogP contribution in [0, 0.1) is 22.5 Å². The maximum absolute atomic E-state index is 11.7. The standard InChI is InChI=1S/C11H11N3O3/c1-2-5-12-11(15)10-6-9(14(16)17)7-13(10)8-3-4-8/h1,6-8H,3-5H2,(H,12,15). The van der Waals surface area contributed by atoms with Gasteiger partial charge in [0.15, 0.2) is 0 Å². The number of aromatic nitrogens is 1. The van der Waals surface area contributed by atoms with Crippen LogP contribution in [0.4, 0.5) is 5.69 Å². The van der Waals surface area contributed by atoms with Crippen molar-refractivity contribution in [1.29, 1.82) is 0 Å². The van der Waals surface area contributed by atoms with Crippen molar-refractivity contribution < 1.29 is 9.72 Å². The Morgan fingerprint density at radius 3 is 2.94 bits per heavy atom. The van der Waals surface area contributed by atoms with Crippen LogP contribution >= 0.6 is 0 Å². The highest BCUT2D eigenvalue weighted by atomic mass is 16.6. The summed E-state index contributed by atoms with van der Waals surface area (Å²) in [5.41, 5.74) is 0.234. The SMILES string of the molecule is C#CCNC(=O)c1cc([N+](=O)[O-])cn1C1CC1. The molecular weight excluding hydrogens is 222 g/mol. The smallest absolute Gasteiger partial charge is 0.287 e. The largest absolute Gasteiger partial charge is 0.340 e. The summed E-state index contributed by atoms with van der Waals surface area (Å²) in [6.45, 7) is 0.114. The van der Waals surface area contributed by atoms with Gasteiger partial charge in [-0.25, -0.2) is 0 Å². The fourth-order valence-electron chi connectivity index (χ4n) is 1.62. The van der Waals surface area contributed by atoms with Gasteiger partial charge in [0, 0.05) is 12.1 Å². The highest BCUT2D eigenvalue weighted by Gasteiger charge is 2.30. The van der Waals surface area contributed by atoms with Gasteiger partial charge in [-0.1, -0.05) is 5.92 Å². The quantitative estimate of drug-likeness (QED) is 0.480. The molecule has 1 aliphatic carbocycles. The van der Waals surface area contributed by atoms with E-state index in [0.29, 0.717) is 5.69 Å². The molecule has 6 heteroatoms. The summed E-state index contributed by atoms with van der Waals surface area (Å²) in [5.74, 6) is 1.91. The topological polar surface area (TPSA) is 77.2 Å². The molecule has 0 unspecified atom stereocenters. The molecule has 1 heterocycles. The molecule has 6 nitrogen and oxygen atoms in total. The van der Waals surface area contributed by atoms with Gasteiger partial charge in [-0.15, -0.1) is 6.42 Å². The summed E-state index contributed by atoms with van der Waals surface area (Å²) in [5, 5.41) is 13.2. The first-order valence-corrected chi connectivity index (χ1v) is 5.21. The zero-order valence-electron chi connectivity index (χ0n) is 9.05. The predicted octanol–water partition coefficient (Wildman–Crippen LogP) is 1.09. The maximum atomic E-state index is 11.7. The Bertz CT molecular complexity index is 509. The molecule has 0 aromatic carbocycles. The van der Waals surface area contributed by atoms with E-state index >= 15 is 0 Å². The minimum absolute atomic E-state index is 0.0669. The summed E-state index contributed by atoms with van der Waals surface area (Å²) in [6, 6.07) is 1.49. The molecule has 1 saturated carbocycles. The second-order valence-electron chi connectivity index (χ2n) is 3.87. The van der Waals surface area contributed by atoms with Gasteiger partial charge in [-0.3, -0.25) is 14.9 Å². The zero-order valence-corrected chi connectivity index (χ0v) is 9.05. The zero-order chi connectivity index (χ0) is 12.4. The number of nitro groups is 1. The lowest BCUT2D eigenvalue weighted by molar-refractivity contribution is -0.384. The molecule has 0 saturated heterocycles. The van der Waals surface area contributed by atoms with Crippen LogP contribution in [0.5, 0.6) is 0 Å². The Morgan fingerprint density at radius 2 is 2.41 bits per heavy atom. The molecular formula is C11H11N3O3. The lowest BCUT2D eigenvalue weighted by atomic mass is 10.3. The maximum Gasteiger partial charge on any atom is 0.287 e. The first-order valence-electron chi connectivity index (χ1n) is 5.21. The first kappa shape index (κ1) is 11.2. The predicted molar refractivity (Wildman–Crippen MR) is 60.5 cm³/mol. The number of amides is 1. The number of hydrogen-bond acceptors (Lipinski definition) is 3. The summed E-state index contributed by atoms with van der Waals surface area (Å²) in [6.07, 6.45) is 8.34. The molecule has 17 heavy (non-hydrogen) atoms. The van der Waals surface area contributed by atoms with Crippen LogP contribution in [0.3, 0.4) is 0 Å². The van der Waals surface area contributed by atoms with Crippen LogP contribution < -0.4 is 5.32 Å². The Hall–Kier alpha value is -2.29. The molecule has 1 aliphatic rings. The molecule has 1 amide bonds. The summed E-state index contributed by atoms with van der Waals surface area (Å²) < 4.78 is 1.66. The highest BCUT2D eigenvalue weighted by molar-refractivity contribution is 5.93. The van der Waals surface area contributed by atoms with E-state index in [1.165, 1.54) is 12.3 Å². The highest BCUT2D eigenvalue weighted by Crippen LogP contribution is 2.37. The fourth-order valence-corrected chi connectivity index (χ4v) is 1.62. The molecule has 0 aliphatic heterocycles. The molecule has 1 aromatic heterocycles. The van der Waals surface area contributed by atoms with E-state index in [1.807, 2.05) is 0 Å². The van der Waals surface area contributed by atoms with Crippen molar-refractivity contribution in [1.82, 2.24) is 9.88 Å². The molecule has 0 radical (unpaired) electrons. The third-order valence-corrected chi connectivity index (χ3v) is 2.57. The van der Waals surface area contributed by atoms with Gasteiger partial charge in [-0.05, 0) is 12.8 Å². The van der Waals surface area contributed by atoms with E-state index in [0.717, 1.165) is 12.8 Å². The van der Waals surface area contributed by atoms with Crippen molar-refractivity contribution in [2.45, 2.75) is 18.9 Å². The van der Waals surface area contributed by atoms with Crippen molar-refractivity contribution in [2.24, 2.45) is 0 Å². The minimum Gasteiger partial charge on any atom is -0.340 e. The van der Waals surface area contributed by atoms with E-state index in [2.05, 4.69) is 11.2 Å². The van der Waals surface area contributed by atoms with E-state index in [9.17, 15) is 14.9 Å². The molecule has 1 aromatic rings. The molecule has 0 spiro atoms. The van der Waals surface area contributed by atoms with Crippen molar-refractivity contribution in [3.8, 4) is 12.3 Å². The van der Waals surface area contributed by atoms with Gasteiger partial charge in [0.2, 0.25) is 0 Å². The monoisotopic (exact) mass is 233 g/mol. The molecule has 88 valence electrons. The van der Waals surface area contributed by atoms with Crippen LogP contribution in [-0.2, 0) is 0 Å². The van der Waals surface area contributed by atoms with Crippen molar-refractivity contribution >= 4 is 11.6 Å². The van der Waals surface area contributed by atoms with Gasteiger partial charge >= 0.3 is 0 Å². The summed E-state index contributed by atoms with van der Waals surface area (Å²) >= 11 is 0. The summed E-state index contributed by atoms with van der Waals surface area (Å²) in [4.78, 5) is 21.9. The van der Waals surface area contributed by atoms with Gasteiger partial charge < -0.3 is 9.88 Å². The third kappa shape index (κ3) is 2.28. The van der Waals surface area contributed by atoms with Crippen molar-refractivity contribution in [2.75, 3.05) is 6.54 Å². The van der Waals surface area contributed by atoms with E-state index < -0.39 is 4.92 Å². The average molecular weight is 233 g/mol. The molecule has 2 rings (SSSR count). The Morgan fingerprint density at radius 1 is 1.71 bits per heavy atom. The number of rotatable bonds is 4. The number of terminal acetylenes is 1. The molecule has 0 atom stereocenters. The molecule has 0 bridgehead atoms. The Balaban J connectivity index is 2.28. The Labute approximate surface area is 97.8 Å². The van der Waals surface area contributed by atoms with Crippen molar-refractivity contribution in [3.05, 3.63) is 28.1 Å². The first-order chi connectivity index (χ1) is 8.13. The van der Waals surface area contributed by atoms with Crippen LogP contribution in [0.25, 0.3) is 0 Å². The minimum atomic E-state index is -0.503. The average Bonchev–Trinajstić information content (AvgIpc) is 3.04. The van der Waals surface area contributed by atoms with Crippen LogP contribution in [0.15, 0.2) is 12.3 Å². The van der Waals surface area contributed by atoms with Gasteiger partial charge in [0.1, 0.15) is 5.69 Å². The van der Waals surface area contributed by atoms with Crippen molar-refractivity contribution in [3.63, 3.8) is 0 Å². The van der Waals surface area contributed by atoms with E-state index in [1.54, 1.807) is 4.57 Å². The number of nitrogens with zero attached hydrogens (tertiary/aromatic N) is 2. The van der Waals surface area contributed by atoms with Crippen LogP contribution in [0.2, 0.25) is 0 Å². The lowest BCUT2D eigenvalue weighted by Gasteiger charge is -2.05. The van der Waals surface area contributed by atoms with Gasteiger partial charge in [0.25, 0.3) is 11.6 Å². The second kappa shape index (κ2) is 4.29. The second-order valence-corrected chi connectivity index (χ2v) is 3.87. The molecule has 1 N–H and O–H groups in total. The Kier molecular flexibility index (Phi) is 2.83.